The second-order valence-electron chi connectivity index (χ2n) is 16.8. The van der Waals surface area contributed by atoms with Gasteiger partial charge in [-0.15, -0.1) is 0 Å². The Hall–Kier alpha value is -6.29. The Bertz CT molecular complexity index is 2630. The van der Waals surface area contributed by atoms with Gasteiger partial charge in [0.1, 0.15) is 36.1 Å². The van der Waals surface area contributed by atoms with Crippen LogP contribution >= 0.6 is 0 Å². The lowest BCUT2D eigenvalue weighted by Gasteiger charge is -2.29. The minimum absolute atomic E-state index is 0.0141. The summed E-state index contributed by atoms with van der Waals surface area (Å²) < 4.78 is 16.9. The third kappa shape index (κ3) is 7.65. The Labute approximate surface area is 359 Å². The van der Waals surface area contributed by atoms with Gasteiger partial charge in [-0.25, -0.2) is 14.8 Å². The normalized spacial score (nSPS) is 19.4. The van der Waals surface area contributed by atoms with E-state index in [1.165, 1.54) is 14.2 Å². The number of aromatic nitrogens is 4. The zero-order valence-corrected chi connectivity index (χ0v) is 35.6. The number of carbonyl (C=O) groups is 3. The van der Waals surface area contributed by atoms with Crippen molar-refractivity contribution in [3.05, 3.63) is 102 Å². The van der Waals surface area contributed by atoms with Gasteiger partial charge in [-0.05, 0) is 77.1 Å². The molecule has 2 aromatic heterocycles. The number of nitrogens with one attached hydrogen (secondary N) is 4. The maximum atomic E-state index is 14.4. The Morgan fingerprint density at radius 1 is 0.919 bits per heavy atom. The molecule has 15 nitrogen and oxygen atoms in total. The van der Waals surface area contributed by atoms with E-state index in [0.29, 0.717) is 44.1 Å². The van der Waals surface area contributed by atoms with Crippen LogP contribution in [0.5, 0.6) is 5.75 Å². The second-order valence-corrected chi connectivity index (χ2v) is 16.8. The molecular weight excluding hydrogens is 789 g/mol. The van der Waals surface area contributed by atoms with Gasteiger partial charge in [0, 0.05) is 37.1 Å². The summed E-state index contributed by atoms with van der Waals surface area (Å²) in [5.41, 5.74) is 10.2. The number of fused-ring (bicyclic) bond motifs is 6. The van der Waals surface area contributed by atoms with Crippen LogP contribution in [-0.2, 0) is 30.5 Å². The predicted octanol–water partition coefficient (Wildman–Crippen LogP) is 7.14. The summed E-state index contributed by atoms with van der Waals surface area (Å²) in [6.07, 6.45) is 3.54. The number of hydrogen-bond donors (Lipinski definition) is 4. The van der Waals surface area contributed by atoms with Gasteiger partial charge in [-0.3, -0.25) is 9.59 Å². The van der Waals surface area contributed by atoms with Crippen LogP contribution in [0.1, 0.15) is 74.0 Å². The van der Waals surface area contributed by atoms with Crippen molar-refractivity contribution in [2.45, 2.75) is 63.9 Å². The van der Waals surface area contributed by atoms with Gasteiger partial charge in [-0.1, -0.05) is 62.4 Å². The molecule has 3 aliphatic heterocycles. The van der Waals surface area contributed by atoms with Crippen molar-refractivity contribution in [1.29, 1.82) is 0 Å². The quantitative estimate of drug-likeness (QED) is 0.0928. The highest BCUT2D eigenvalue weighted by Crippen LogP contribution is 2.44. The fourth-order valence-corrected chi connectivity index (χ4v) is 9.44. The van der Waals surface area contributed by atoms with Crippen LogP contribution < -0.4 is 15.5 Å². The lowest BCUT2D eigenvalue weighted by atomic mass is 9.92. The SMILES string of the molecule is COC[C@H]1C[C@@H](c2nc3ccc4cc5c(cc4c3[nH]2)OCc2cc(-c3cnc([C@@H]4CCCN4C(=O)[C@@H](NOC)C(C)C)[nH]3)ccc2-5)N(C(=O)[C@H](NC(=O)OC)c2ccccc2)C1. The Morgan fingerprint density at radius 3 is 2.53 bits per heavy atom. The van der Waals surface area contributed by atoms with E-state index in [1.807, 2.05) is 61.3 Å². The number of hydroxylamine groups is 1. The van der Waals surface area contributed by atoms with Crippen molar-refractivity contribution in [2.24, 2.45) is 11.8 Å². The zero-order valence-electron chi connectivity index (χ0n) is 35.6. The summed E-state index contributed by atoms with van der Waals surface area (Å²) in [5.74, 6) is 2.11. The summed E-state index contributed by atoms with van der Waals surface area (Å²) in [6, 6.07) is 22.0. The van der Waals surface area contributed by atoms with Gasteiger partial charge in [0.15, 0.2) is 0 Å². The van der Waals surface area contributed by atoms with E-state index in [0.717, 1.165) is 74.2 Å². The molecule has 0 spiro atoms. The monoisotopic (exact) mass is 840 g/mol. The number of methoxy groups -OCH3 is 2. The molecule has 5 atom stereocenters. The number of alkyl carbamates (subject to hydrolysis) is 1. The van der Waals surface area contributed by atoms with Crippen LogP contribution in [0.15, 0.2) is 79.0 Å². The molecule has 0 unspecified atom stereocenters. The first kappa shape index (κ1) is 41.1. The first-order valence-electron chi connectivity index (χ1n) is 21.2. The number of imidazole rings is 2. The fraction of sp³-hybridized carbons (Fsp3) is 0.383. The van der Waals surface area contributed by atoms with Crippen LogP contribution in [0.25, 0.3) is 44.2 Å². The van der Waals surface area contributed by atoms with Crippen LogP contribution in [0.2, 0.25) is 0 Å². The summed E-state index contributed by atoms with van der Waals surface area (Å²) >= 11 is 0. The molecule has 3 amide bonds. The first-order valence-corrected chi connectivity index (χ1v) is 21.2. The average Bonchev–Trinajstić information content (AvgIpc) is 4.13. The number of aromatic amines is 2. The van der Waals surface area contributed by atoms with E-state index in [2.05, 4.69) is 57.2 Å². The van der Waals surface area contributed by atoms with Crippen molar-refractivity contribution in [3.8, 4) is 28.1 Å². The molecule has 0 aliphatic carbocycles. The number of rotatable bonds is 12. The number of likely N-dealkylation sites (tertiary alicyclic amines) is 2. The highest BCUT2D eigenvalue weighted by molar-refractivity contribution is 6.07. The molecule has 0 radical (unpaired) electrons. The van der Waals surface area contributed by atoms with Gasteiger partial charge in [0.05, 0.1) is 55.8 Å². The van der Waals surface area contributed by atoms with Gasteiger partial charge in [-0.2, -0.15) is 5.48 Å². The van der Waals surface area contributed by atoms with E-state index in [1.54, 1.807) is 12.0 Å². The lowest BCUT2D eigenvalue weighted by Crippen LogP contribution is -2.48. The zero-order chi connectivity index (χ0) is 43.1. The van der Waals surface area contributed by atoms with Crippen LogP contribution in [0.3, 0.4) is 0 Å². The Kier molecular flexibility index (Phi) is 11.4. The summed E-state index contributed by atoms with van der Waals surface area (Å²) in [4.78, 5) is 66.2. The molecule has 0 saturated carbocycles. The van der Waals surface area contributed by atoms with E-state index in [-0.39, 0.29) is 35.7 Å². The molecule has 322 valence electrons. The highest BCUT2D eigenvalue weighted by atomic mass is 16.6. The molecule has 5 heterocycles. The van der Waals surface area contributed by atoms with Crippen molar-refractivity contribution in [3.63, 3.8) is 0 Å². The minimum atomic E-state index is -0.945. The molecule has 62 heavy (non-hydrogen) atoms. The summed E-state index contributed by atoms with van der Waals surface area (Å²) in [6.45, 7) is 6.00. The lowest BCUT2D eigenvalue weighted by molar-refractivity contribution is -0.140. The molecule has 3 aliphatic rings. The van der Waals surface area contributed by atoms with Gasteiger partial charge in [0.25, 0.3) is 5.91 Å². The fourth-order valence-electron chi connectivity index (χ4n) is 9.44. The number of ether oxygens (including phenoxy) is 3. The van der Waals surface area contributed by atoms with Gasteiger partial charge >= 0.3 is 6.09 Å². The number of hydrogen-bond acceptors (Lipinski definition) is 10. The Balaban J connectivity index is 0.986. The van der Waals surface area contributed by atoms with Crippen molar-refractivity contribution in [2.75, 3.05) is 41.0 Å². The predicted molar refractivity (Wildman–Crippen MR) is 233 cm³/mol. The molecule has 15 heteroatoms. The second kappa shape index (κ2) is 17.2. The number of benzene rings is 4. The Morgan fingerprint density at radius 2 is 1.76 bits per heavy atom. The molecule has 0 bridgehead atoms. The van der Waals surface area contributed by atoms with Crippen LogP contribution in [0.4, 0.5) is 4.79 Å². The minimum Gasteiger partial charge on any atom is -0.488 e. The third-order valence-corrected chi connectivity index (χ3v) is 12.5. The van der Waals surface area contributed by atoms with E-state index in [4.69, 9.17) is 29.0 Å². The van der Waals surface area contributed by atoms with Gasteiger partial charge in [0.2, 0.25) is 5.91 Å². The number of carbonyl (C=O) groups excluding carboxylic acids is 3. The maximum Gasteiger partial charge on any atom is 0.407 e. The van der Waals surface area contributed by atoms with Crippen molar-refractivity contribution >= 4 is 39.7 Å². The number of amides is 3. The average molecular weight is 841 g/mol. The van der Waals surface area contributed by atoms with E-state index >= 15 is 0 Å². The first-order chi connectivity index (χ1) is 30.1. The molecule has 4 N–H and O–H groups in total. The standard InChI is InChI=1S/C47H52N8O7/c1-26(2)40(53-61-5)45(56)54-17-9-12-37(54)43-48-22-36(50-43)30-13-15-32-31(19-30)25-62-39-21-33-29(20-34(32)39)14-16-35-42(33)51-44(49-35)38-18-27(24-59-3)23-55(38)46(57)41(52-47(58)60-4)28-10-7-6-8-11-28/h6-8,10-11,13-16,19-22,26-27,37-38,40-41,53H,9,12,17-18,23-25H2,1-5H3,(H,48,50)(H,49,51)(H,52,58)/t27-,37-,38-,40-,41+/m0/s1. The largest absolute Gasteiger partial charge is 0.488 e. The molecule has 2 saturated heterocycles. The van der Waals surface area contributed by atoms with Crippen molar-refractivity contribution < 1.29 is 33.4 Å². The topological polar surface area (TPSA) is 176 Å². The van der Waals surface area contributed by atoms with E-state index < -0.39 is 18.2 Å². The smallest absolute Gasteiger partial charge is 0.407 e. The number of H-pyrrole nitrogens is 2. The molecule has 9 rings (SSSR count). The molecule has 2 fully saturated rings. The third-order valence-electron chi connectivity index (χ3n) is 12.5. The maximum absolute atomic E-state index is 14.4. The molecular formula is C47H52N8O7. The van der Waals surface area contributed by atoms with E-state index in [9.17, 15) is 14.4 Å². The summed E-state index contributed by atoms with van der Waals surface area (Å²) in [7, 11) is 4.48. The molecule has 6 aromatic rings. The highest BCUT2D eigenvalue weighted by Gasteiger charge is 2.42. The van der Waals surface area contributed by atoms with Gasteiger partial charge < -0.3 is 44.1 Å². The van der Waals surface area contributed by atoms with Crippen LogP contribution in [-0.4, -0.2) is 94.7 Å². The number of nitrogens with zero attached hydrogens (tertiary/aromatic N) is 4. The molecule has 4 aromatic carbocycles. The summed E-state index contributed by atoms with van der Waals surface area (Å²) in [5, 5.41) is 4.73. The van der Waals surface area contributed by atoms with Crippen molar-refractivity contribution in [1.82, 2.24) is 40.5 Å². The van der Waals surface area contributed by atoms with Crippen LogP contribution in [0, 0.1) is 11.8 Å².